The van der Waals surface area contributed by atoms with E-state index in [2.05, 4.69) is 4.57 Å². The van der Waals surface area contributed by atoms with Gasteiger partial charge in [-0.05, 0) is 12.1 Å². The van der Waals surface area contributed by atoms with Gasteiger partial charge in [-0.15, -0.1) is 0 Å². The second-order valence-electron chi connectivity index (χ2n) is 2.63. The van der Waals surface area contributed by atoms with E-state index in [0.29, 0.717) is 0 Å². The first-order valence-corrected chi connectivity index (χ1v) is 3.91. The van der Waals surface area contributed by atoms with Crippen LogP contribution in [0.25, 0.3) is 0 Å². The molecule has 0 aromatic carbocycles. The van der Waals surface area contributed by atoms with Gasteiger partial charge in [0.25, 0.3) is 0 Å². The summed E-state index contributed by atoms with van der Waals surface area (Å²) >= 11 is 0. The average molecular weight is 160 g/mol. The summed E-state index contributed by atoms with van der Waals surface area (Å²) in [5, 5.41) is 0. The van der Waals surface area contributed by atoms with Crippen molar-refractivity contribution in [2.24, 2.45) is 0 Å². The molecule has 12 heavy (non-hydrogen) atoms. The Labute approximate surface area is 71.1 Å². The zero-order valence-corrected chi connectivity index (χ0v) is 6.68. The summed E-state index contributed by atoms with van der Waals surface area (Å²) in [5.41, 5.74) is 0. The van der Waals surface area contributed by atoms with Gasteiger partial charge < -0.3 is 4.42 Å². The second kappa shape index (κ2) is 3.22. The van der Waals surface area contributed by atoms with Gasteiger partial charge in [-0.2, -0.15) is 4.57 Å². The van der Waals surface area contributed by atoms with E-state index < -0.39 is 0 Å². The molecule has 2 nitrogen and oxygen atoms in total. The first-order valence-electron chi connectivity index (χ1n) is 3.91. The third-order valence-corrected chi connectivity index (χ3v) is 1.70. The average Bonchev–Trinajstić information content (AvgIpc) is 2.59. The van der Waals surface area contributed by atoms with Crippen molar-refractivity contribution in [3.63, 3.8) is 0 Å². The molecule has 0 amide bonds. The van der Waals surface area contributed by atoms with Gasteiger partial charge >= 0.3 is 0 Å². The van der Waals surface area contributed by atoms with Crippen LogP contribution in [0.1, 0.15) is 5.76 Å². The van der Waals surface area contributed by atoms with Gasteiger partial charge in [0.15, 0.2) is 18.2 Å². The Hall–Kier alpha value is -1.57. The number of hydrogen-bond acceptors (Lipinski definition) is 1. The molecule has 0 aliphatic rings. The third-order valence-electron chi connectivity index (χ3n) is 1.70. The van der Waals surface area contributed by atoms with Crippen LogP contribution in [-0.4, -0.2) is 0 Å². The quantitative estimate of drug-likeness (QED) is 0.610. The largest absolute Gasteiger partial charge is 0.463 e. The van der Waals surface area contributed by atoms with Gasteiger partial charge in [0, 0.05) is 12.1 Å². The van der Waals surface area contributed by atoms with Crippen LogP contribution in [0.5, 0.6) is 0 Å². The summed E-state index contributed by atoms with van der Waals surface area (Å²) < 4.78 is 7.28. The minimum Gasteiger partial charge on any atom is -0.463 e. The zero-order valence-electron chi connectivity index (χ0n) is 6.68. The fourth-order valence-corrected chi connectivity index (χ4v) is 1.12. The highest BCUT2D eigenvalue weighted by Crippen LogP contribution is 1.97. The third kappa shape index (κ3) is 1.53. The van der Waals surface area contributed by atoms with E-state index in [4.69, 9.17) is 4.42 Å². The van der Waals surface area contributed by atoms with E-state index in [-0.39, 0.29) is 0 Å². The molecule has 0 saturated carbocycles. The molecule has 2 aromatic rings. The van der Waals surface area contributed by atoms with Crippen LogP contribution in [0.2, 0.25) is 0 Å². The predicted octanol–water partition coefficient (Wildman–Crippen LogP) is 1.62. The van der Waals surface area contributed by atoms with Crippen molar-refractivity contribution in [2.75, 3.05) is 0 Å². The summed E-state index contributed by atoms with van der Waals surface area (Å²) in [6.45, 7) is 0.799. The Bertz CT molecular complexity index is 326. The van der Waals surface area contributed by atoms with Crippen LogP contribution in [-0.2, 0) is 6.54 Å². The molecule has 2 rings (SSSR count). The Balaban J connectivity index is 2.15. The minimum absolute atomic E-state index is 0.799. The molecule has 0 unspecified atom stereocenters. The summed E-state index contributed by atoms with van der Waals surface area (Å²) in [6, 6.07) is 9.88. The molecule has 0 N–H and O–H groups in total. The highest BCUT2D eigenvalue weighted by molar-refractivity contribution is 4.96. The number of hydrogen-bond donors (Lipinski definition) is 0. The lowest BCUT2D eigenvalue weighted by atomic mass is 10.4. The van der Waals surface area contributed by atoms with E-state index in [9.17, 15) is 0 Å². The van der Waals surface area contributed by atoms with E-state index in [0.717, 1.165) is 12.3 Å². The molecule has 0 saturated heterocycles. The van der Waals surface area contributed by atoms with Crippen LogP contribution >= 0.6 is 0 Å². The Morgan fingerprint density at radius 3 is 2.58 bits per heavy atom. The van der Waals surface area contributed by atoms with Crippen LogP contribution < -0.4 is 4.57 Å². The molecule has 0 spiro atoms. The van der Waals surface area contributed by atoms with Crippen molar-refractivity contribution >= 4 is 0 Å². The Morgan fingerprint density at radius 1 is 1.08 bits per heavy atom. The molecule has 0 aliphatic heterocycles. The molecule has 0 atom stereocenters. The number of rotatable bonds is 2. The maximum atomic E-state index is 5.22. The lowest BCUT2D eigenvalue weighted by Gasteiger charge is -1.90. The van der Waals surface area contributed by atoms with Crippen molar-refractivity contribution in [1.82, 2.24) is 0 Å². The van der Waals surface area contributed by atoms with Crippen molar-refractivity contribution in [1.29, 1.82) is 0 Å². The van der Waals surface area contributed by atoms with Crippen molar-refractivity contribution < 1.29 is 8.98 Å². The second-order valence-corrected chi connectivity index (χ2v) is 2.63. The number of furan rings is 1. The van der Waals surface area contributed by atoms with Gasteiger partial charge in [-0.25, -0.2) is 0 Å². The Kier molecular flexibility index (Phi) is 1.90. The highest BCUT2D eigenvalue weighted by Gasteiger charge is 2.01. The van der Waals surface area contributed by atoms with Crippen LogP contribution in [0.15, 0.2) is 53.4 Å². The fourth-order valence-electron chi connectivity index (χ4n) is 1.12. The lowest BCUT2D eigenvalue weighted by molar-refractivity contribution is -0.690. The maximum absolute atomic E-state index is 5.22. The van der Waals surface area contributed by atoms with E-state index >= 15 is 0 Å². The molecule has 0 aliphatic carbocycles. The van der Waals surface area contributed by atoms with Crippen LogP contribution in [0, 0.1) is 0 Å². The first kappa shape index (κ1) is 7.10. The number of pyridine rings is 1. The van der Waals surface area contributed by atoms with E-state index in [1.165, 1.54) is 0 Å². The molecule has 2 heterocycles. The normalized spacial score (nSPS) is 10.0. The molecular weight excluding hydrogens is 150 g/mol. The monoisotopic (exact) mass is 160 g/mol. The number of aromatic nitrogens is 1. The van der Waals surface area contributed by atoms with E-state index in [1.807, 2.05) is 42.7 Å². The van der Waals surface area contributed by atoms with E-state index in [1.54, 1.807) is 6.26 Å². The minimum atomic E-state index is 0.799. The molecule has 0 radical (unpaired) electrons. The lowest BCUT2D eigenvalue weighted by Crippen LogP contribution is -2.32. The summed E-state index contributed by atoms with van der Waals surface area (Å²) in [4.78, 5) is 0. The van der Waals surface area contributed by atoms with Gasteiger partial charge in [0.2, 0.25) is 6.54 Å². The smallest absolute Gasteiger partial charge is 0.205 e. The SMILES string of the molecule is c1cc[n+](Cc2ccco2)cc1. The van der Waals surface area contributed by atoms with Crippen LogP contribution in [0.3, 0.4) is 0 Å². The fraction of sp³-hybridized carbons (Fsp3) is 0.100. The Morgan fingerprint density at radius 2 is 1.92 bits per heavy atom. The van der Waals surface area contributed by atoms with Crippen LogP contribution in [0.4, 0.5) is 0 Å². The molecule has 2 heteroatoms. The topological polar surface area (TPSA) is 17.0 Å². The van der Waals surface area contributed by atoms with Crippen molar-refractivity contribution in [3.8, 4) is 0 Å². The molecular formula is C10H10NO+. The predicted molar refractivity (Wildman–Crippen MR) is 44.4 cm³/mol. The summed E-state index contributed by atoms with van der Waals surface area (Å²) in [6.07, 6.45) is 5.73. The van der Waals surface area contributed by atoms with Crippen molar-refractivity contribution in [3.05, 3.63) is 54.7 Å². The molecule has 0 bridgehead atoms. The molecule has 0 fully saturated rings. The molecule has 2 aromatic heterocycles. The van der Waals surface area contributed by atoms with Gasteiger partial charge in [0.1, 0.15) is 0 Å². The first-order chi connectivity index (χ1) is 5.95. The van der Waals surface area contributed by atoms with Gasteiger partial charge in [-0.1, -0.05) is 6.07 Å². The van der Waals surface area contributed by atoms with Crippen molar-refractivity contribution in [2.45, 2.75) is 6.54 Å². The zero-order chi connectivity index (χ0) is 8.23. The molecule has 60 valence electrons. The number of nitrogens with zero attached hydrogens (tertiary/aromatic N) is 1. The highest BCUT2D eigenvalue weighted by atomic mass is 16.3. The standard InChI is InChI=1S/C10H10NO/c1-2-6-11(7-3-1)9-10-5-4-8-12-10/h1-8H,9H2/q+1. The maximum Gasteiger partial charge on any atom is 0.205 e. The summed E-state index contributed by atoms with van der Waals surface area (Å²) in [5.74, 6) is 0.978. The summed E-state index contributed by atoms with van der Waals surface area (Å²) in [7, 11) is 0. The van der Waals surface area contributed by atoms with Gasteiger partial charge in [-0.3, -0.25) is 0 Å². The van der Waals surface area contributed by atoms with Gasteiger partial charge in [0.05, 0.1) is 6.26 Å².